The van der Waals surface area contributed by atoms with E-state index in [2.05, 4.69) is 10.2 Å². The van der Waals surface area contributed by atoms with Crippen molar-refractivity contribution >= 4 is 33.9 Å². The third-order valence-corrected chi connectivity index (χ3v) is 3.15. The predicted molar refractivity (Wildman–Crippen MR) is 58.0 cm³/mol. The minimum atomic E-state index is -0.606. The molecule has 0 bridgehead atoms. The van der Waals surface area contributed by atoms with Crippen molar-refractivity contribution in [3.63, 3.8) is 0 Å². The Morgan fingerprint density at radius 1 is 1.07 bits per heavy atom. The lowest BCUT2D eigenvalue weighted by atomic mass is 10.2. The van der Waals surface area contributed by atoms with Crippen molar-refractivity contribution < 1.29 is 8.78 Å². The molecular formula is C8H3F2IN2S. The predicted octanol–water partition coefficient (Wildman–Crippen LogP) is 3.09. The summed E-state index contributed by atoms with van der Waals surface area (Å²) in [4.78, 5) is 0. The zero-order valence-corrected chi connectivity index (χ0v) is 9.64. The molecule has 6 heteroatoms. The monoisotopic (exact) mass is 324 g/mol. The van der Waals surface area contributed by atoms with Crippen molar-refractivity contribution in [1.29, 1.82) is 0 Å². The number of hydrogen-bond donors (Lipinski definition) is 0. The summed E-state index contributed by atoms with van der Waals surface area (Å²) in [5, 5.41) is 8.08. The molecule has 1 heterocycles. The lowest BCUT2D eigenvalue weighted by Gasteiger charge is -1.95. The van der Waals surface area contributed by atoms with Crippen LogP contribution in [0, 0.1) is 14.6 Å². The molecule has 0 amide bonds. The Kier molecular flexibility index (Phi) is 2.73. The molecule has 0 spiro atoms. The minimum Gasteiger partial charge on any atom is -0.207 e. The van der Waals surface area contributed by atoms with E-state index in [-0.39, 0.29) is 0 Å². The van der Waals surface area contributed by atoms with Gasteiger partial charge in [0, 0.05) is 11.6 Å². The van der Waals surface area contributed by atoms with Crippen LogP contribution in [-0.2, 0) is 0 Å². The molecule has 0 aliphatic heterocycles. The van der Waals surface area contributed by atoms with Crippen LogP contribution < -0.4 is 0 Å². The maximum Gasteiger partial charge on any atom is 0.178 e. The Balaban J connectivity index is 2.51. The molecule has 0 aliphatic rings. The Morgan fingerprint density at radius 3 is 2.21 bits per heavy atom. The summed E-state index contributed by atoms with van der Waals surface area (Å²) in [5.41, 5.74) is 0.419. The van der Waals surface area contributed by atoms with Crippen LogP contribution >= 0.6 is 33.9 Å². The van der Waals surface area contributed by atoms with Gasteiger partial charge in [-0.05, 0) is 34.7 Å². The number of aromatic nitrogens is 2. The van der Waals surface area contributed by atoms with Crippen molar-refractivity contribution in [2.75, 3.05) is 0 Å². The van der Waals surface area contributed by atoms with E-state index in [0.717, 1.165) is 9.08 Å². The van der Waals surface area contributed by atoms with Gasteiger partial charge in [0.2, 0.25) is 0 Å². The summed E-state index contributed by atoms with van der Waals surface area (Å²) >= 11 is 3.29. The van der Waals surface area contributed by atoms with Gasteiger partial charge in [-0.25, -0.2) is 8.78 Å². The van der Waals surface area contributed by atoms with Gasteiger partial charge in [0.15, 0.2) is 3.01 Å². The molecule has 0 radical (unpaired) electrons. The molecule has 72 valence electrons. The van der Waals surface area contributed by atoms with Crippen LogP contribution in [0.1, 0.15) is 0 Å². The van der Waals surface area contributed by atoms with Gasteiger partial charge in [0.25, 0.3) is 0 Å². The first-order valence-electron chi connectivity index (χ1n) is 3.60. The average Bonchev–Trinajstić information content (AvgIpc) is 2.50. The zero-order chi connectivity index (χ0) is 10.1. The highest BCUT2D eigenvalue weighted by atomic mass is 127. The average molecular weight is 324 g/mol. The maximum absolute atomic E-state index is 12.8. The summed E-state index contributed by atoms with van der Waals surface area (Å²) in [6.45, 7) is 0. The molecule has 1 aromatic carbocycles. The maximum atomic E-state index is 12.8. The van der Waals surface area contributed by atoms with Crippen LogP contribution in [0.4, 0.5) is 8.78 Å². The Morgan fingerprint density at radius 2 is 1.71 bits per heavy atom. The summed E-state index contributed by atoms with van der Waals surface area (Å²) in [6.07, 6.45) is 0. The SMILES string of the molecule is Fc1cc(F)cc(-c2nnc(I)s2)c1. The van der Waals surface area contributed by atoms with Gasteiger partial charge in [0.05, 0.1) is 0 Å². The summed E-state index contributed by atoms with van der Waals surface area (Å²) in [5.74, 6) is -1.21. The minimum absolute atomic E-state index is 0.419. The Bertz CT molecular complexity index is 452. The van der Waals surface area contributed by atoms with E-state index in [4.69, 9.17) is 0 Å². The van der Waals surface area contributed by atoms with E-state index >= 15 is 0 Å². The number of rotatable bonds is 1. The van der Waals surface area contributed by atoms with E-state index in [1.807, 2.05) is 22.6 Å². The third-order valence-electron chi connectivity index (χ3n) is 1.51. The lowest BCUT2D eigenvalue weighted by molar-refractivity contribution is 0.584. The molecule has 0 saturated carbocycles. The Hall–Kier alpha value is -0.630. The molecule has 0 saturated heterocycles. The van der Waals surface area contributed by atoms with Gasteiger partial charge in [-0.15, -0.1) is 10.2 Å². The molecule has 2 nitrogen and oxygen atoms in total. The molecule has 0 unspecified atom stereocenters. The van der Waals surface area contributed by atoms with Crippen LogP contribution in [-0.4, -0.2) is 10.2 Å². The first kappa shape index (κ1) is 9.91. The highest BCUT2D eigenvalue weighted by Crippen LogP contribution is 2.25. The smallest absolute Gasteiger partial charge is 0.178 e. The molecule has 1 aromatic heterocycles. The summed E-state index contributed by atoms with van der Waals surface area (Å²) in [6, 6.07) is 3.30. The molecule has 0 aliphatic carbocycles. The van der Waals surface area contributed by atoms with Gasteiger partial charge in [-0.2, -0.15) is 0 Å². The normalized spacial score (nSPS) is 10.5. The van der Waals surface area contributed by atoms with Crippen molar-refractivity contribution in [2.24, 2.45) is 0 Å². The van der Waals surface area contributed by atoms with Crippen LogP contribution in [0.5, 0.6) is 0 Å². The molecule has 14 heavy (non-hydrogen) atoms. The largest absolute Gasteiger partial charge is 0.207 e. The van der Waals surface area contributed by atoms with E-state index in [1.165, 1.54) is 23.5 Å². The van der Waals surface area contributed by atoms with E-state index < -0.39 is 11.6 Å². The second-order valence-electron chi connectivity index (χ2n) is 2.52. The molecule has 0 atom stereocenters. The molecule has 0 fully saturated rings. The lowest BCUT2D eigenvalue weighted by Crippen LogP contribution is -1.83. The van der Waals surface area contributed by atoms with E-state index in [0.29, 0.717) is 10.6 Å². The first-order chi connectivity index (χ1) is 6.65. The number of halogens is 3. The second-order valence-corrected chi connectivity index (χ2v) is 5.25. The van der Waals surface area contributed by atoms with E-state index in [1.54, 1.807) is 0 Å². The fraction of sp³-hybridized carbons (Fsp3) is 0. The Labute approximate surface area is 96.1 Å². The fourth-order valence-corrected chi connectivity index (χ4v) is 2.29. The van der Waals surface area contributed by atoms with Crippen LogP contribution in [0.2, 0.25) is 0 Å². The van der Waals surface area contributed by atoms with Crippen molar-refractivity contribution in [2.45, 2.75) is 0 Å². The van der Waals surface area contributed by atoms with Gasteiger partial charge in [0.1, 0.15) is 16.6 Å². The summed E-state index contributed by atoms with van der Waals surface area (Å²) < 4.78 is 26.4. The standard InChI is InChI=1S/C8H3F2IN2S/c9-5-1-4(2-6(10)3-5)7-12-13-8(11)14-7/h1-3H. The van der Waals surface area contributed by atoms with Gasteiger partial charge in [-0.3, -0.25) is 0 Å². The number of nitrogens with zero attached hydrogens (tertiary/aromatic N) is 2. The van der Waals surface area contributed by atoms with Gasteiger partial charge >= 0.3 is 0 Å². The topological polar surface area (TPSA) is 25.8 Å². The van der Waals surface area contributed by atoms with Crippen molar-refractivity contribution in [1.82, 2.24) is 10.2 Å². The van der Waals surface area contributed by atoms with Crippen LogP contribution in [0.3, 0.4) is 0 Å². The van der Waals surface area contributed by atoms with Gasteiger partial charge < -0.3 is 0 Å². The van der Waals surface area contributed by atoms with Crippen LogP contribution in [0.15, 0.2) is 18.2 Å². The first-order valence-corrected chi connectivity index (χ1v) is 5.50. The van der Waals surface area contributed by atoms with Crippen LogP contribution in [0.25, 0.3) is 10.6 Å². The van der Waals surface area contributed by atoms with E-state index in [9.17, 15) is 8.78 Å². The molecule has 2 rings (SSSR count). The summed E-state index contributed by atoms with van der Waals surface area (Å²) in [7, 11) is 0. The van der Waals surface area contributed by atoms with Crippen molar-refractivity contribution in [3.05, 3.63) is 32.8 Å². The van der Waals surface area contributed by atoms with Gasteiger partial charge in [-0.1, -0.05) is 11.3 Å². The third kappa shape index (κ3) is 2.06. The highest BCUT2D eigenvalue weighted by Gasteiger charge is 2.07. The quantitative estimate of drug-likeness (QED) is 0.754. The van der Waals surface area contributed by atoms with Crippen molar-refractivity contribution in [3.8, 4) is 10.6 Å². The fourth-order valence-electron chi connectivity index (χ4n) is 0.999. The number of benzene rings is 1. The molecule has 0 N–H and O–H groups in total. The number of hydrogen-bond acceptors (Lipinski definition) is 3. The zero-order valence-electron chi connectivity index (χ0n) is 6.67. The molecule has 2 aromatic rings. The second kappa shape index (κ2) is 3.85. The molecular weight excluding hydrogens is 321 g/mol. The highest BCUT2D eigenvalue weighted by molar-refractivity contribution is 14.1.